The smallest absolute Gasteiger partial charge is 0.807 e. The predicted octanol–water partition coefficient (Wildman–Crippen LogP) is -6.63. The Kier molecular flexibility index (Phi) is 10.7. The van der Waals surface area contributed by atoms with Gasteiger partial charge in [-0.25, -0.2) is 4.39 Å². The summed E-state index contributed by atoms with van der Waals surface area (Å²) in [6.07, 6.45) is 0. The van der Waals surface area contributed by atoms with E-state index in [9.17, 15) is 18.7 Å². The Labute approximate surface area is 160 Å². The van der Waals surface area contributed by atoms with Gasteiger partial charge in [-0.15, -0.1) is 0 Å². The third-order valence-electron chi connectivity index (χ3n) is 1.15. The normalized spacial score (nSPS) is 9.77. The SMILES string of the molecule is O=P([O-])([O-])c1ccccc1F.[K+].[K+]. The van der Waals surface area contributed by atoms with Gasteiger partial charge in [0.05, 0.1) is 0 Å². The molecule has 0 aliphatic rings. The van der Waals surface area contributed by atoms with Crippen LogP contribution in [0.1, 0.15) is 0 Å². The molecule has 13 heavy (non-hydrogen) atoms. The molecule has 0 atom stereocenters. The van der Waals surface area contributed by atoms with Gasteiger partial charge in [0.15, 0.2) is 0 Å². The molecule has 0 N–H and O–H groups in total. The molecular weight excluding hydrogens is 248 g/mol. The summed E-state index contributed by atoms with van der Waals surface area (Å²) in [4.78, 5) is 20.6. The molecule has 7 heteroatoms. The Hall–Kier alpha value is 2.57. The number of hydrogen-bond acceptors (Lipinski definition) is 3. The summed E-state index contributed by atoms with van der Waals surface area (Å²) < 4.78 is 22.8. The van der Waals surface area contributed by atoms with Gasteiger partial charge in [-0.2, -0.15) is 0 Å². The van der Waals surface area contributed by atoms with E-state index in [-0.39, 0.29) is 103 Å². The van der Waals surface area contributed by atoms with Gasteiger partial charge in [-0.1, -0.05) is 18.2 Å². The molecule has 0 amide bonds. The van der Waals surface area contributed by atoms with Crippen LogP contribution in [0.2, 0.25) is 0 Å². The van der Waals surface area contributed by atoms with Crippen LogP contribution in [-0.2, 0) is 4.57 Å². The van der Waals surface area contributed by atoms with Crippen LogP contribution in [0.15, 0.2) is 24.3 Å². The number of rotatable bonds is 1. The molecule has 3 nitrogen and oxygen atoms in total. The Bertz CT molecular complexity index is 315. The van der Waals surface area contributed by atoms with Crippen LogP contribution >= 0.6 is 7.60 Å². The molecule has 0 aliphatic carbocycles. The molecule has 0 heterocycles. The van der Waals surface area contributed by atoms with Crippen molar-refractivity contribution in [3.63, 3.8) is 0 Å². The standard InChI is InChI=1S/C6H6FO3P.2K/c7-5-3-1-2-4-6(5)11(8,9)10;;/h1-4H,(H2,8,9,10);;/q;2*+1/p-2. The zero-order valence-electron chi connectivity index (χ0n) is 7.36. The van der Waals surface area contributed by atoms with Crippen LogP contribution in [-0.4, -0.2) is 0 Å². The largest absolute Gasteiger partial charge is 1.00 e. The fourth-order valence-electron chi connectivity index (χ4n) is 0.674. The summed E-state index contributed by atoms with van der Waals surface area (Å²) >= 11 is 0. The van der Waals surface area contributed by atoms with Crippen LogP contribution in [0.4, 0.5) is 4.39 Å². The summed E-state index contributed by atoms with van der Waals surface area (Å²) in [7, 11) is -4.93. The van der Waals surface area contributed by atoms with Crippen molar-refractivity contribution >= 4 is 12.9 Å². The van der Waals surface area contributed by atoms with Crippen molar-refractivity contribution in [3.8, 4) is 0 Å². The Morgan fingerprint density at radius 2 is 1.62 bits per heavy atom. The van der Waals surface area contributed by atoms with Gasteiger partial charge < -0.3 is 14.4 Å². The van der Waals surface area contributed by atoms with Crippen molar-refractivity contribution in [2.75, 3.05) is 0 Å². The van der Waals surface area contributed by atoms with Gasteiger partial charge >= 0.3 is 103 Å². The van der Waals surface area contributed by atoms with Crippen molar-refractivity contribution in [1.82, 2.24) is 0 Å². The van der Waals surface area contributed by atoms with Crippen molar-refractivity contribution in [1.29, 1.82) is 0 Å². The fourth-order valence-corrected chi connectivity index (χ4v) is 1.28. The van der Waals surface area contributed by atoms with E-state index in [1.165, 1.54) is 12.1 Å². The maximum atomic E-state index is 12.5. The summed E-state index contributed by atoms with van der Waals surface area (Å²) in [5, 5.41) is -0.778. The zero-order chi connectivity index (χ0) is 8.48. The summed E-state index contributed by atoms with van der Waals surface area (Å²) in [6.45, 7) is 0. The molecule has 0 bridgehead atoms. The predicted molar refractivity (Wildman–Crippen MR) is 33.6 cm³/mol. The average Bonchev–Trinajstić information content (AvgIpc) is 1.86. The van der Waals surface area contributed by atoms with Crippen molar-refractivity contribution in [2.45, 2.75) is 0 Å². The minimum absolute atomic E-state index is 0. The molecule has 1 aromatic carbocycles. The molecule has 0 aliphatic heterocycles. The van der Waals surface area contributed by atoms with Crippen LogP contribution in [0, 0.1) is 5.82 Å². The Balaban J connectivity index is 0. The second kappa shape index (κ2) is 7.78. The van der Waals surface area contributed by atoms with E-state index >= 15 is 0 Å². The van der Waals surface area contributed by atoms with E-state index in [0.717, 1.165) is 12.1 Å². The van der Waals surface area contributed by atoms with Crippen molar-refractivity contribution in [3.05, 3.63) is 30.1 Å². The third-order valence-corrected chi connectivity index (χ3v) is 2.10. The quantitative estimate of drug-likeness (QED) is 0.369. The number of benzene rings is 1. The maximum Gasteiger partial charge on any atom is 1.00 e. The Morgan fingerprint density at radius 1 is 1.15 bits per heavy atom. The molecular formula is C6H4FK2O3P. The van der Waals surface area contributed by atoms with Crippen molar-refractivity contribution in [2.24, 2.45) is 0 Å². The van der Waals surface area contributed by atoms with Crippen LogP contribution in [0.25, 0.3) is 0 Å². The van der Waals surface area contributed by atoms with E-state index in [1.54, 1.807) is 0 Å². The second-order valence-corrected chi connectivity index (χ2v) is 3.43. The average molecular weight is 252 g/mol. The topological polar surface area (TPSA) is 63.2 Å². The van der Waals surface area contributed by atoms with E-state index in [1.807, 2.05) is 0 Å². The molecule has 0 fully saturated rings. The molecule has 0 unspecified atom stereocenters. The molecule has 0 spiro atoms. The van der Waals surface area contributed by atoms with E-state index in [0.29, 0.717) is 0 Å². The molecule has 1 aromatic rings. The Morgan fingerprint density at radius 3 is 1.92 bits per heavy atom. The van der Waals surface area contributed by atoms with Crippen molar-refractivity contribution < 1.29 is 122 Å². The van der Waals surface area contributed by atoms with E-state index in [4.69, 9.17) is 0 Å². The first-order valence-electron chi connectivity index (χ1n) is 2.79. The molecule has 0 saturated carbocycles. The van der Waals surface area contributed by atoms with Gasteiger partial charge in [0.2, 0.25) is 0 Å². The van der Waals surface area contributed by atoms with Gasteiger partial charge in [0.1, 0.15) is 5.82 Å². The molecule has 0 saturated heterocycles. The minimum Gasteiger partial charge on any atom is -0.807 e. The van der Waals surface area contributed by atoms with Crippen LogP contribution in [0.3, 0.4) is 0 Å². The summed E-state index contributed by atoms with van der Waals surface area (Å²) in [5.41, 5.74) is 0. The molecule has 0 radical (unpaired) electrons. The first kappa shape index (κ1) is 18.0. The number of halogens is 1. The first-order valence-corrected chi connectivity index (χ1v) is 4.33. The van der Waals surface area contributed by atoms with Crippen LogP contribution < -0.4 is 118 Å². The summed E-state index contributed by atoms with van der Waals surface area (Å²) in [5.74, 6) is -0.999. The fraction of sp³-hybridized carbons (Fsp3) is 0. The van der Waals surface area contributed by atoms with E-state index < -0.39 is 18.7 Å². The first-order chi connectivity index (χ1) is 5.02. The van der Waals surface area contributed by atoms with Gasteiger partial charge in [0.25, 0.3) is 0 Å². The molecule has 0 aromatic heterocycles. The third kappa shape index (κ3) is 6.01. The van der Waals surface area contributed by atoms with Crippen LogP contribution in [0.5, 0.6) is 0 Å². The maximum absolute atomic E-state index is 12.5. The van der Waals surface area contributed by atoms with Gasteiger partial charge in [-0.3, -0.25) is 0 Å². The summed E-state index contributed by atoms with van der Waals surface area (Å²) in [6, 6.07) is 4.48. The second-order valence-electron chi connectivity index (χ2n) is 1.95. The molecule has 60 valence electrons. The number of hydrogen-bond donors (Lipinski definition) is 0. The van der Waals surface area contributed by atoms with Gasteiger partial charge in [0, 0.05) is 5.30 Å². The monoisotopic (exact) mass is 252 g/mol. The van der Waals surface area contributed by atoms with Gasteiger partial charge in [-0.05, 0) is 13.7 Å². The molecule has 1 rings (SSSR count). The zero-order valence-corrected chi connectivity index (χ0v) is 14.5. The minimum atomic E-state index is -4.93. The van der Waals surface area contributed by atoms with E-state index in [2.05, 4.69) is 0 Å².